The molecule has 0 aliphatic heterocycles. The number of hydrogen-bond acceptors (Lipinski definition) is 3. The predicted octanol–water partition coefficient (Wildman–Crippen LogP) is 4.50. The molecule has 0 spiro atoms. The molecule has 130 valence electrons. The average molecular weight is 332 g/mol. The Bertz CT molecular complexity index is 645. The molecule has 1 aromatic carbocycles. The zero-order chi connectivity index (χ0) is 18.9. The fraction of sp³-hybridized carbons (Fsp3) is 0.500. The summed E-state index contributed by atoms with van der Waals surface area (Å²) in [6.07, 6.45) is -3.06. The number of amides is 2. The highest BCUT2D eigenvalue weighted by molar-refractivity contribution is 5.87. The maximum Gasteiger partial charge on any atom is 0.417 e. The van der Waals surface area contributed by atoms with E-state index in [1.54, 1.807) is 24.3 Å². The van der Waals surface area contributed by atoms with E-state index in [2.05, 4.69) is 0 Å². The Balaban J connectivity index is 3.95. The van der Waals surface area contributed by atoms with E-state index in [1.165, 1.54) is 0 Å². The highest BCUT2D eigenvalue weighted by Crippen LogP contribution is 2.55. The molecule has 0 unspecified atom stereocenters. The highest BCUT2D eigenvalue weighted by atomic mass is 16.4. The van der Waals surface area contributed by atoms with Gasteiger partial charge in [-0.15, -0.1) is 0 Å². The van der Waals surface area contributed by atoms with Crippen LogP contribution in [-0.2, 0) is 5.54 Å². The van der Waals surface area contributed by atoms with Gasteiger partial charge >= 0.3 is 12.2 Å². The molecular weight excluding hydrogens is 308 g/mol. The van der Waals surface area contributed by atoms with Crippen LogP contribution in [0.15, 0.2) is 24.3 Å². The summed E-state index contributed by atoms with van der Waals surface area (Å²) in [5.74, 6) is 0. The quantitative estimate of drug-likeness (QED) is 0.830. The summed E-state index contributed by atoms with van der Waals surface area (Å²) in [4.78, 5) is 24.2. The van der Waals surface area contributed by atoms with Crippen LogP contribution in [0.3, 0.4) is 0 Å². The molecule has 0 saturated carbocycles. The van der Waals surface area contributed by atoms with Crippen molar-refractivity contribution in [2.45, 2.75) is 47.1 Å². The van der Waals surface area contributed by atoms with Crippen molar-refractivity contribution in [2.75, 3.05) is 0 Å². The minimum atomic E-state index is -1.53. The summed E-state index contributed by atoms with van der Waals surface area (Å²) >= 11 is 0. The first-order chi connectivity index (χ1) is 10.8. The van der Waals surface area contributed by atoms with Gasteiger partial charge in [0.1, 0.15) is 0 Å². The maximum atomic E-state index is 11.9. The standard InChI is InChI=1S/C18H24N2O4/c1-16(2,3)18(17(4,5)6,20(14(21)22)15(23)24)13-9-7-12(11-19)8-10-13/h7-10H,1-6H3,(H,21,22)(H,23,24). The first-order valence-electron chi connectivity index (χ1n) is 7.57. The fourth-order valence-corrected chi connectivity index (χ4v) is 3.95. The second kappa shape index (κ2) is 6.16. The van der Waals surface area contributed by atoms with Gasteiger partial charge in [0.25, 0.3) is 0 Å². The van der Waals surface area contributed by atoms with Crippen LogP contribution < -0.4 is 0 Å². The fourth-order valence-electron chi connectivity index (χ4n) is 3.95. The van der Waals surface area contributed by atoms with Gasteiger partial charge in [-0.25, -0.2) is 14.5 Å². The maximum absolute atomic E-state index is 11.9. The first kappa shape index (κ1) is 19.5. The molecular formula is C18H24N2O4. The molecule has 0 atom stereocenters. The smallest absolute Gasteiger partial charge is 0.417 e. The molecule has 0 fully saturated rings. The van der Waals surface area contributed by atoms with Crippen LogP contribution in [0.2, 0.25) is 0 Å². The number of hydrogen-bond donors (Lipinski definition) is 2. The number of benzene rings is 1. The van der Waals surface area contributed by atoms with Gasteiger partial charge in [-0.3, -0.25) is 0 Å². The minimum absolute atomic E-state index is 0.424. The van der Waals surface area contributed by atoms with E-state index in [4.69, 9.17) is 5.26 Å². The van der Waals surface area contributed by atoms with E-state index >= 15 is 0 Å². The van der Waals surface area contributed by atoms with Gasteiger partial charge in [0.2, 0.25) is 0 Å². The number of nitriles is 1. The molecule has 2 N–H and O–H groups in total. The van der Waals surface area contributed by atoms with Crippen LogP contribution >= 0.6 is 0 Å². The third kappa shape index (κ3) is 2.94. The lowest BCUT2D eigenvalue weighted by Crippen LogP contribution is -2.64. The molecule has 0 aliphatic carbocycles. The van der Waals surface area contributed by atoms with Gasteiger partial charge in [0, 0.05) is 0 Å². The van der Waals surface area contributed by atoms with Gasteiger partial charge in [0.15, 0.2) is 0 Å². The molecule has 24 heavy (non-hydrogen) atoms. The third-order valence-electron chi connectivity index (χ3n) is 4.32. The summed E-state index contributed by atoms with van der Waals surface area (Å²) < 4.78 is 0. The number of carboxylic acid groups (broad SMARTS) is 2. The van der Waals surface area contributed by atoms with Crippen LogP contribution in [0.4, 0.5) is 9.59 Å². The van der Waals surface area contributed by atoms with Crippen molar-refractivity contribution in [1.29, 1.82) is 5.26 Å². The van der Waals surface area contributed by atoms with Gasteiger partial charge in [-0.05, 0) is 28.5 Å². The number of imide groups is 1. The molecule has 0 saturated heterocycles. The summed E-state index contributed by atoms with van der Waals surface area (Å²) in [5, 5.41) is 28.3. The van der Waals surface area contributed by atoms with Crippen molar-refractivity contribution in [3.63, 3.8) is 0 Å². The number of rotatable bonds is 2. The van der Waals surface area contributed by atoms with E-state index in [1.807, 2.05) is 47.6 Å². The molecule has 1 rings (SSSR count). The van der Waals surface area contributed by atoms with Crippen molar-refractivity contribution in [3.8, 4) is 6.07 Å². The molecule has 0 radical (unpaired) electrons. The van der Waals surface area contributed by atoms with Gasteiger partial charge in [-0.1, -0.05) is 53.7 Å². The zero-order valence-corrected chi connectivity index (χ0v) is 14.9. The lowest BCUT2D eigenvalue weighted by molar-refractivity contribution is -0.0664. The highest BCUT2D eigenvalue weighted by Gasteiger charge is 2.60. The van der Waals surface area contributed by atoms with Crippen molar-refractivity contribution in [1.82, 2.24) is 4.90 Å². The Hall–Kier alpha value is -2.55. The molecule has 1 aromatic rings. The second-order valence-corrected chi connectivity index (χ2v) is 7.80. The van der Waals surface area contributed by atoms with Crippen molar-refractivity contribution >= 4 is 12.2 Å². The van der Waals surface area contributed by atoms with Crippen LogP contribution in [0.5, 0.6) is 0 Å². The Labute approximate surface area is 142 Å². The van der Waals surface area contributed by atoms with E-state index in [0.717, 1.165) is 0 Å². The van der Waals surface area contributed by atoms with Crippen LogP contribution in [0, 0.1) is 22.2 Å². The lowest BCUT2D eigenvalue weighted by Gasteiger charge is -2.56. The van der Waals surface area contributed by atoms with Crippen molar-refractivity contribution < 1.29 is 19.8 Å². The van der Waals surface area contributed by atoms with E-state index in [0.29, 0.717) is 16.0 Å². The van der Waals surface area contributed by atoms with Gasteiger partial charge in [-0.2, -0.15) is 5.26 Å². The van der Waals surface area contributed by atoms with Crippen molar-refractivity contribution in [3.05, 3.63) is 35.4 Å². The van der Waals surface area contributed by atoms with Gasteiger partial charge < -0.3 is 10.2 Å². The second-order valence-electron chi connectivity index (χ2n) is 7.80. The van der Waals surface area contributed by atoms with E-state index < -0.39 is 28.6 Å². The van der Waals surface area contributed by atoms with E-state index in [9.17, 15) is 19.8 Å². The van der Waals surface area contributed by atoms with Gasteiger partial charge in [0.05, 0.1) is 17.2 Å². The van der Waals surface area contributed by atoms with E-state index in [-0.39, 0.29) is 0 Å². The Morgan fingerprint density at radius 2 is 1.29 bits per heavy atom. The van der Waals surface area contributed by atoms with Crippen LogP contribution in [0.1, 0.15) is 52.7 Å². The minimum Gasteiger partial charge on any atom is -0.464 e. The largest absolute Gasteiger partial charge is 0.464 e. The summed E-state index contributed by atoms with van der Waals surface area (Å²) in [5.41, 5.74) is -1.88. The molecule has 2 amide bonds. The molecule has 6 heteroatoms. The summed E-state index contributed by atoms with van der Waals surface area (Å²) in [6, 6.07) is 8.42. The Morgan fingerprint density at radius 1 is 0.917 bits per heavy atom. The predicted molar refractivity (Wildman–Crippen MR) is 89.6 cm³/mol. The lowest BCUT2D eigenvalue weighted by atomic mass is 9.56. The molecule has 6 nitrogen and oxygen atoms in total. The number of nitrogens with zero attached hydrogens (tertiary/aromatic N) is 2. The van der Waals surface area contributed by atoms with Crippen LogP contribution in [-0.4, -0.2) is 27.3 Å². The summed E-state index contributed by atoms with van der Waals surface area (Å²) in [6.45, 7) is 10.9. The SMILES string of the molecule is CC(C)(C)C(c1ccc(C#N)cc1)(N(C(=O)O)C(=O)O)C(C)(C)C. The molecule has 0 bridgehead atoms. The normalized spacial score (nSPS) is 12.4. The van der Waals surface area contributed by atoms with Crippen LogP contribution in [0.25, 0.3) is 0 Å². The molecule has 0 aromatic heterocycles. The average Bonchev–Trinajstić information content (AvgIpc) is 2.41. The first-order valence-corrected chi connectivity index (χ1v) is 7.57. The van der Waals surface area contributed by atoms with Crippen molar-refractivity contribution in [2.24, 2.45) is 10.8 Å². The zero-order valence-electron chi connectivity index (χ0n) is 14.9. The summed E-state index contributed by atoms with van der Waals surface area (Å²) in [7, 11) is 0. The molecule has 0 aliphatic rings. The monoisotopic (exact) mass is 332 g/mol. The Kier molecular flexibility index (Phi) is 5.00. The number of carbonyl (C=O) groups is 2. The third-order valence-corrected chi connectivity index (χ3v) is 4.32. The Morgan fingerprint density at radius 3 is 1.54 bits per heavy atom. The topological polar surface area (TPSA) is 102 Å². The molecule has 0 heterocycles.